The zero-order valence-corrected chi connectivity index (χ0v) is 20.0. The van der Waals surface area contributed by atoms with Gasteiger partial charge in [0.2, 0.25) is 0 Å². The quantitative estimate of drug-likeness (QED) is 0.280. The summed E-state index contributed by atoms with van der Waals surface area (Å²) in [7, 11) is 0. The van der Waals surface area contributed by atoms with Crippen LogP contribution in [0.3, 0.4) is 0 Å². The lowest BCUT2D eigenvalue weighted by Crippen LogP contribution is -2.13. The molecule has 0 aliphatic rings. The summed E-state index contributed by atoms with van der Waals surface area (Å²) in [5.74, 6) is -0.671. The average Bonchev–Trinajstić information content (AvgIpc) is 2.85. The molecule has 8 heteroatoms. The van der Waals surface area contributed by atoms with E-state index in [0.717, 1.165) is 5.56 Å². The van der Waals surface area contributed by atoms with Crippen LogP contribution in [0.4, 0.5) is 14.5 Å². The van der Waals surface area contributed by atoms with Crippen LogP contribution in [0.2, 0.25) is 5.02 Å². The molecular formula is C27H22Cl2F2N2O2. The number of rotatable bonds is 7. The van der Waals surface area contributed by atoms with Gasteiger partial charge in [0.15, 0.2) is 0 Å². The number of hydrogen-bond donors (Lipinski definition) is 2. The standard InChI is InChI=1S/C27H21ClF2N2O2.ClH/c28-24-10-6-19(16-25(24)30)18-2-1-3-22(14-18)32-27(33)20-7-11-26(34-13-12-31)23(15-20)17-4-8-21(29)9-5-17;/h1-11,14-16H,12-13,31H2,(H,32,33);1H. The minimum Gasteiger partial charge on any atom is -0.492 e. The Morgan fingerprint density at radius 1 is 0.886 bits per heavy atom. The van der Waals surface area contributed by atoms with Gasteiger partial charge in [-0.15, -0.1) is 12.4 Å². The van der Waals surface area contributed by atoms with E-state index in [1.54, 1.807) is 54.6 Å². The lowest BCUT2D eigenvalue weighted by atomic mass is 10.0. The second-order valence-corrected chi connectivity index (χ2v) is 7.93. The zero-order chi connectivity index (χ0) is 24.1. The number of hydrogen-bond acceptors (Lipinski definition) is 3. The SMILES string of the molecule is Cl.NCCOc1ccc(C(=O)Nc2cccc(-c3ccc(Cl)c(F)c3)c2)cc1-c1ccc(F)cc1. The first-order valence-corrected chi connectivity index (χ1v) is 10.9. The first kappa shape index (κ1) is 26.2. The molecule has 0 fully saturated rings. The molecule has 4 nitrogen and oxygen atoms in total. The van der Waals surface area contributed by atoms with Gasteiger partial charge in [0.1, 0.15) is 24.0 Å². The molecule has 0 aromatic heterocycles. The van der Waals surface area contributed by atoms with Crippen molar-refractivity contribution in [3.8, 4) is 28.0 Å². The normalized spacial score (nSPS) is 10.4. The summed E-state index contributed by atoms with van der Waals surface area (Å²) in [6.07, 6.45) is 0. The third kappa shape index (κ3) is 6.36. The van der Waals surface area contributed by atoms with E-state index in [0.29, 0.717) is 46.8 Å². The Labute approximate surface area is 213 Å². The van der Waals surface area contributed by atoms with E-state index in [-0.39, 0.29) is 29.2 Å². The minimum atomic E-state index is -0.515. The molecule has 4 aromatic rings. The largest absolute Gasteiger partial charge is 0.492 e. The van der Waals surface area contributed by atoms with Crippen molar-refractivity contribution in [2.24, 2.45) is 5.73 Å². The first-order valence-electron chi connectivity index (χ1n) is 10.5. The lowest BCUT2D eigenvalue weighted by molar-refractivity contribution is 0.102. The molecule has 0 aliphatic heterocycles. The molecule has 180 valence electrons. The van der Waals surface area contributed by atoms with Gasteiger partial charge in [-0.3, -0.25) is 4.79 Å². The van der Waals surface area contributed by atoms with Gasteiger partial charge >= 0.3 is 0 Å². The van der Waals surface area contributed by atoms with E-state index in [4.69, 9.17) is 22.1 Å². The molecular weight excluding hydrogens is 493 g/mol. The lowest BCUT2D eigenvalue weighted by Gasteiger charge is -2.14. The number of anilines is 1. The highest BCUT2D eigenvalue weighted by molar-refractivity contribution is 6.30. The fraction of sp³-hybridized carbons (Fsp3) is 0.0741. The van der Waals surface area contributed by atoms with Crippen molar-refractivity contribution in [3.05, 3.63) is 107 Å². The molecule has 0 heterocycles. The van der Waals surface area contributed by atoms with Crippen molar-refractivity contribution >= 4 is 35.6 Å². The van der Waals surface area contributed by atoms with Crippen LogP contribution in [0.25, 0.3) is 22.3 Å². The highest BCUT2D eigenvalue weighted by Crippen LogP contribution is 2.32. The number of carbonyl (C=O) groups excluding carboxylic acids is 1. The topological polar surface area (TPSA) is 64.3 Å². The maximum absolute atomic E-state index is 13.9. The highest BCUT2D eigenvalue weighted by Gasteiger charge is 2.14. The summed E-state index contributed by atoms with van der Waals surface area (Å²) in [5, 5.41) is 2.91. The van der Waals surface area contributed by atoms with Crippen molar-refractivity contribution in [2.45, 2.75) is 0 Å². The smallest absolute Gasteiger partial charge is 0.255 e. The maximum Gasteiger partial charge on any atom is 0.255 e. The Morgan fingerprint density at radius 3 is 2.31 bits per heavy atom. The van der Waals surface area contributed by atoms with Crippen LogP contribution in [0.5, 0.6) is 5.75 Å². The van der Waals surface area contributed by atoms with Crippen LogP contribution < -0.4 is 15.8 Å². The van der Waals surface area contributed by atoms with Crippen molar-refractivity contribution in [3.63, 3.8) is 0 Å². The molecule has 0 saturated heterocycles. The summed E-state index contributed by atoms with van der Waals surface area (Å²) in [6.45, 7) is 0.636. The fourth-order valence-corrected chi connectivity index (χ4v) is 3.59. The molecule has 0 atom stereocenters. The van der Waals surface area contributed by atoms with Crippen molar-refractivity contribution in [2.75, 3.05) is 18.5 Å². The molecule has 0 bridgehead atoms. The van der Waals surface area contributed by atoms with Crippen LogP contribution in [0, 0.1) is 11.6 Å². The van der Waals surface area contributed by atoms with Crippen LogP contribution in [0.15, 0.2) is 84.9 Å². The maximum atomic E-state index is 13.9. The molecule has 4 rings (SSSR count). The number of amides is 1. The molecule has 1 amide bonds. The number of carbonyl (C=O) groups is 1. The molecule has 0 unspecified atom stereocenters. The van der Waals surface area contributed by atoms with Gasteiger partial charge in [-0.2, -0.15) is 0 Å². The predicted molar refractivity (Wildman–Crippen MR) is 138 cm³/mol. The molecule has 4 aromatic carbocycles. The van der Waals surface area contributed by atoms with E-state index >= 15 is 0 Å². The average molecular weight is 515 g/mol. The first-order chi connectivity index (χ1) is 16.4. The number of nitrogens with one attached hydrogen (secondary N) is 1. The summed E-state index contributed by atoms with van der Waals surface area (Å²) in [5.41, 5.74) is 9.20. The Kier molecular flexibility index (Phi) is 8.82. The van der Waals surface area contributed by atoms with Gasteiger partial charge in [0, 0.05) is 23.4 Å². The highest BCUT2D eigenvalue weighted by atomic mass is 35.5. The molecule has 0 spiro atoms. The predicted octanol–water partition coefficient (Wildman–Crippen LogP) is 6.96. The molecule has 0 saturated carbocycles. The number of ether oxygens (including phenoxy) is 1. The monoisotopic (exact) mass is 514 g/mol. The molecule has 0 radical (unpaired) electrons. The van der Waals surface area contributed by atoms with E-state index in [2.05, 4.69) is 5.32 Å². The van der Waals surface area contributed by atoms with Gasteiger partial charge in [-0.05, 0) is 71.3 Å². The van der Waals surface area contributed by atoms with Gasteiger partial charge in [-0.25, -0.2) is 8.78 Å². The summed E-state index contributed by atoms with van der Waals surface area (Å²) in [4.78, 5) is 13.0. The third-order valence-electron chi connectivity index (χ3n) is 5.15. The van der Waals surface area contributed by atoms with Crippen LogP contribution >= 0.6 is 24.0 Å². The van der Waals surface area contributed by atoms with E-state index in [1.165, 1.54) is 24.3 Å². The van der Waals surface area contributed by atoms with Crippen LogP contribution in [-0.4, -0.2) is 19.1 Å². The Balaban J connectivity index is 0.00000342. The summed E-state index contributed by atoms with van der Waals surface area (Å²) in [6, 6.07) is 22.6. The van der Waals surface area contributed by atoms with E-state index < -0.39 is 5.82 Å². The minimum absolute atomic E-state index is 0. The summed E-state index contributed by atoms with van der Waals surface area (Å²) < 4.78 is 33.0. The third-order valence-corrected chi connectivity index (χ3v) is 5.45. The molecule has 35 heavy (non-hydrogen) atoms. The zero-order valence-electron chi connectivity index (χ0n) is 18.4. The molecule has 0 aliphatic carbocycles. The van der Waals surface area contributed by atoms with Crippen LogP contribution in [0.1, 0.15) is 10.4 Å². The van der Waals surface area contributed by atoms with E-state index in [9.17, 15) is 13.6 Å². The second kappa shape index (κ2) is 11.8. The van der Waals surface area contributed by atoms with Crippen LogP contribution in [-0.2, 0) is 0 Å². The van der Waals surface area contributed by atoms with Crippen molar-refractivity contribution in [1.29, 1.82) is 0 Å². The Morgan fingerprint density at radius 2 is 1.60 bits per heavy atom. The second-order valence-electron chi connectivity index (χ2n) is 7.52. The fourth-order valence-electron chi connectivity index (χ4n) is 3.48. The number of nitrogens with two attached hydrogens (primary N) is 1. The van der Waals surface area contributed by atoms with Gasteiger partial charge in [0.05, 0.1) is 5.02 Å². The Bertz CT molecular complexity index is 1330. The van der Waals surface area contributed by atoms with E-state index in [1.807, 2.05) is 6.07 Å². The van der Waals surface area contributed by atoms with Gasteiger partial charge < -0.3 is 15.8 Å². The Hall–Kier alpha value is -3.45. The number of benzene rings is 4. The van der Waals surface area contributed by atoms with Crippen molar-refractivity contribution in [1.82, 2.24) is 0 Å². The summed E-state index contributed by atoms with van der Waals surface area (Å²) >= 11 is 5.77. The van der Waals surface area contributed by atoms with Crippen molar-refractivity contribution < 1.29 is 18.3 Å². The van der Waals surface area contributed by atoms with Gasteiger partial charge in [0.25, 0.3) is 5.91 Å². The number of halogens is 4. The van der Waals surface area contributed by atoms with Gasteiger partial charge in [-0.1, -0.05) is 41.9 Å². The molecule has 3 N–H and O–H groups in total.